The summed E-state index contributed by atoms with van der Waals surface area (Å²) in [4.78, 5) is 26.3. The number of esters is 1. The lowest BCUT2D eigenvalue weighted by atomic mass is 10.1. The maximum absolute atomic E-state index is 12.7. The van der Waals surface area contributed by atoms with Crippen LogP contribution in [0.25, 0.3) is 6.08 Å². The average Bonchev–Trinajstić information content (AvgIpc) is 3.05. The van der Waals surface area contributed by atoms with Gasteiger partial charge in [-0.2, -0.15) is 0 Å². The number of carbonyl (C=O) groups is 2. The lowest BCUT2D eigenvalue weighted by Gasteiger charge is -2.20. The van der Waals surface area contributed by atoms with E-state index in [1.54, 1.807) is 25.1 Å². The van der Waals surface area contributed by atoms with E-state index < -0.39 is 5.97 Å². The molecule has 0 radical (unpaired) electrons. The van der Waals surface area contributed by atoms with Crippen LogP contribution in [0.1, 0.15) is 35.3 Å². The van der Waals surface area contributed by atoms with Crippen molar-refractivity contribution >= 4 is 23.5 Å². The molecule has 1 aliphatic heterocycles. The van der Waals surface area contributed by atoms with Gasteiger partial charge in [0.25, 0.3) is 0 Å². The second-order valence-corrected chi connectivity index (χ2v) is 6.63. The van der Waals surface area contributed by atoms with Crippen molar-refractivity contribution in [3.8, 4) is 11.5 Å². The first-order valence-corrected chi connectivity index (χ1v) is 9.60. The van der Waals surface area contributed by atoms with Gasteiger partial charge in [-0.15, -0.1) is 0 Å². The van der Waals surface area contributed by atoms with Gasteiger partial charge in [-0.25, -0.2) is 4.79 Å². The monoisotopic (exact) mass is 395 g/mol. The minimum absolute atomic E-state index is 0.171. The minimum Gasteiger partial charge on any atom is -0.481 e. The summed E-state index contributed by atoms with van der Waals surface area (Å²) in [5, 5.41) is 0. The first-order valence-electron chi connectivity index (χ1n) is 9.60. The van der Waals surface area contributed by atoms with E-state index >= 15 is 0 Å². The summed E-state index contributed by atoms with van der Waals surface area (Å²) in [6.07, 6.45) is 1.74. The third-order valence-corrected chi connectivity index (χ3v) is 4.93. The molecular formula is C23H25NO5. The molecule has 0 spiro atoms. The highest BCUT2D eigenvalue weighted by atomic mass is 16.6. The van der Waals surface area contributed by atoms with Gasteiger partial charge in [-0.1, -0.05) is 12.1 Å². The first kappa shape index (κ1) is 20.5. The molecule has 6 nitrogen and oxygen atoms in total. The van der Waals surface area contributed by atoms with Gasteiger partial charge >= 0.3 is 5.97 Å². The number of ether oxygens (including phenoxy) is 3. The van der Waals surface area contributed by atoms with Gasteiger partial charge in [0.05, 0.1) is 12.7 Å². The Kier molecular flexibility index (Phi) is 6.22. The molecule has 3 rings (SSSR count). The Morgan fingerprint density at radius 1 is 1.10 bits per heavy atom. The molecule has 0 N–H and O–H groups in total. The van der Waals surface area contributed by atoms with Crippen LogP contribution >= 0.6 is 0 Å². The van der Waals surface area contributed by atoms with E-state index in [0.29, 0.717) is 22.6 Å². The van der Waals surface area contributed by atoms with Gasteiger partial charge in [-0.05, 0) is 56.7 Å². The van der Waals surface area contributed by atoms with E-state index in [1.807, 2.05) is 24.3 Å². The van der Waals surface area contributed by atoms with Crippen molar-refractivity contribution in [1.29, 1.82) is 0 Å². The quantitative estimate of drug-likeness (QED) is 0.521. The third-order valence-electron chi connectivity index (χ3n) is 4.93. The van der Waals surface area contributed by atoms with Crippen LogP contribution in [0.4, 0.5) is 5.69 Å². The van der Waals surface area contributed by atoms with Gasteiger partial charge in [0.15, 0.2) is 12.4 Å². The van der Waals surface area contributed by atoms with E-state index in [0.717, 1.165) is 24.3 Å². The molecule has 0 aromatic heterocycles. The molecule has 29 heavy (non-hydrogen) atoms. The molecule has 0 saturated carbocycles. The number of carbonyl (C=O) groups excluding carboxylic acids is 2. The number of allylic oxidation sites excluding steroid dienone is 1. The number of nitrogens with zero attached hydrogens (tertiary/aromatic N) is 1. The Hall–Kier alpha value is -3.28. The van der Waals surface area contributed by atoms with Crippen LogP contribution in [0.15, 0.2) is 42.2 Å². The third kappa shape index (κ3) is 4.26. The van der Waals surface area contributed by atoms with Crippen LogP contribution in [0, 0.1) is 6.92 Å². The lowest BCUT2D eigenvalue weighted by Crippen LogP contribution is -2.21. The van der Waals surface area contributed by atoms with Crippen LogP contribution in [0.3, 0.4) is 0 Å². The zero-order valence-corrected chi connectivity index (χ0v) is 17.2. The number of hydrogen-bond acceptors (Lipinski definition) is 6. The fraction of sp³-hybridized carbons (Fsp3) is 0.304. The molecule has 0 fully saturated rings. The Bertz CT molecular complexity index is 942. The molecule has 2 aromatic carbocycles. The van der Waals surface area contributed by atoms with Crippen molar-refractivity contribution in [1.82, 2.24) is 0 Å². The largest absolute Gasteiger partial charge is 0.481 e. The van der Waals surface area contributed by atoms with Crippen molar-refractivity contribution in [3.05, 3.63) is 58.8 Å². The average molecular weight is 395 g/mol. The summed E-state index contributed by atoms with van der Waals surface area (Å²) in [7, 11) is 1.30. The topological polar surface area (TPSA) is 65.1 Å². The number of anilines is 1. The van der Waals surface area contributed by atoms with Gasteiger partial charge in [0, 0.05) is 24.3 Å². The van der Waals surface area contributed by atoms with Crippen molar-refractivity contribution in [2.45, 2.75) is 20.8 Å². The maximum atomic E-state index is 12.7. The maximum Gasteiger partial charge on any atom is 0.343 e. The lowest BCUT2D eigenvalue weighted by molar-refractivity contribution is -0.142. The van der Waals surface area contributed by atoms with Crippen molar-refractivity contribution in [3.63, 3.8) is 0 Å². The highest BCUT2D eigenvalue weighted by Gasteiger charge is 2.30. The molecule has 6 heteroatoms. The summed E-state index contributed by atoms with van der Waals surface area (Å²) >= 11 is 0. The SMILES string of the molecule is CCN(CC)c1ccc(/C=C2\Oc3c(ccc(OCC(=O)OC)c3C)C2=O)cc1. The summed E-state index contributed by atoms with van der Waals surface area (Å²) in [5.74, 6) is 0.560. The zero-order chi connectivity index (χ0) is 21.0. The summed E-state index contributed by atoms with van der Waals surface area (Å²) in [6.45, 7) is 7.70. The number of ketones is 1. The van der Waals surface area contributed by atoms with E-state index in [1.165, 1.54) is 7.11 Å². The van der Waals surface area contributed by atoms with Crippen LogP contribution < -0.4 is 14.4 Å². The molecule has 0 atom stereocenters. The minimum atomic E-state index is -0.476. The van der Waals surface area contributed by atoms with Crippen molar-refractivity contribution in [2.75, 3.05) is 31.7 Å². The molecule has 0 aliphatic carbocycles. The van der Waals surface area contributed by atoms with Crippen LogP contribution in [-0.4, -0.2) is 38.6 Å². The van der Waals surface area contributed by atoms with Crippen LogP contribution in [0.5, 0.6) is 11.5 Å². The van der Waals surface area contributed by atoms with Gasteiger partial charge in [0.1, 0.15) is 11.5 Å². The summed E-state index contributed by atoms with van der Waals surface area (Å²) in [6, 6.07) is 11.3. The number of rotatable bonds is 7. The Morgan fingerprint density at radius 2 is 1.79 bits per heavy atom. The first-order chi connectivity index (χ1) is 14.0. The number of Topliss-reactive ketones (excluding diaryl/α,β-unsaturated/α-hetero) is 1. The number of hydrogen-bond donors (Lipinski definition) is 0. The molecule has 0 saturated heterocycles. The molecular weight excluding hydrogens is 370 g/mol. The highest BCUT2D eigenvalue weighted by molar-refractivity contribution is 6.15. The van der Waals surface area contributed by atoms with Crippen molar-refractivity contribution in [2.24, 2.45) is 0 Å². The fourth-order valence-electron chi connectivity index (χ4n) is 3.24. The molecule has 1 aliphatic rings. The summed E-state index contributed by atoms with van der Waals surface area (Å²) in [5.41, 5.74) is 3.18. The van der Waals surface area contributed by atoms with Crippen LogP contribution in [-0.2, 0) is 9.53 Å². The number of benzene rings is 2. The molecule has 0 unspecified atom stereocenters. The van der Waals surface area contributed by atoms with Crippen molar-refractivity contribution < 1.29 is 23.8 Å². The van der Waals surface area contributed by atoms with E-state index in [2.05, 4.69) is 23.5 Å². The molecule has 2 aromatic rings. The van der Waals surface area contributed by atoms with Gasteiger partial charge in [-0.3, -0.25) is 4.79 Å². The second-order valence-electron chi connectivity index (χ2n) is 6.63. The Labute approximate surface area is 170 Å². The second kappa shape index (κ2) is 8.82. The molecule has 0 bridgehead atoms. The van der Waals surface area contributed by atoms with Crippen LogP contribution in [0.2, 0.25) is 0 Å². The van der Waals surface area contributed by atoms with Gasteiger partial charge < -0.3 is 19.1 Å². The fourth-order valence-corrected chi connectivity index (χ4v) is 3.24. The van der Waals surface area contributed by atoms with E-state index in [4.69, 9.17) is 9.47 Å². The normalized spacial score (nSPS) is 13.8. The standard InChI is InChI=1S/C23H25NO5/c1-5-24(6-2)17-9-7-16(8-10-17)13-20-22(26)18-11-12-19(15(3)23(18)29-20)28-14-21(25)27-4/h7-13H,5-6,14H2,1-4H3/b20-13-. The highest BCUT2D eigenvalue weighted by Crippen LogP contribution is 2.39. The number of methoxy groups -OCH3 is 1. The number of fused-ring (bicyclic) bond motifs is 1. The van der Waals surface area contributed by atoms with Gasteiger partial charge in [0.2, 0.25) is 5.78 Å². The predicted molar refractivity (Wildman–Crippen MR) is 112 cm³/mol. The molecule has 1 heterocycles. The molecule has 152 valence electrons. The zero-order valence-electron chi connectivity index (χ0n) is 17.2. The summed E-state index contributed by atoms with van der Waals surface area (Å²) < 4.78 is 15.9. The predicted octanol–water partition coefficient (Wildman–Crippen LogP) is 4.01. The smallest absolute Gasteiger partial charge is 0.343 e. The van der Waals surface area contributed by atoms with E-state index in [9.17, 15) is 9.59 Å². The molecule has 0 amide bonds. The Balaban J connectivity index is 1.81. The Morgan fingerprint density at radius 3 is 2.41 bits per heavy atom. The van der Waals surface area contributed by atoms with E-state index in [-0.39, 0.29) is 18.1 Å².